The lowest BCUT2D eigenvalue weighted by atomic mass is 10.1. The molecule has 0 aliphatic carbocycles. The van der Waals surface area contributed by atoms with Crippen LogP contribution in [0.25, 0.3) is 0 Å². The first-order valence-electron chi connectivity index (χ1n) is 6.72. The highest BCUT2D eigenvalue weighted by Crippen LogP contribution is 2.31. The van der Waals surface area contributed by atoms with E-state index in [-0.39, 0.29) is 5.91 Å². The number of aryl methyl sites for hydroxylation is 1. The van der Waals surface area contributed by atoms with E-state index in [0.717, 1.165) is 15.7 Å². The van der Waals surface area contributed by atoms with Gasteiger partial charge in [0.05, 0.1) is 0 Å². The maximum atomic E-state index is 12.4. The molecule has 7 heteroatoms. The molecule has 0 heterocycles. The summed E-state index contributed by atoms with van der Waals surface area (Å²) < 4.78 is -0.789. The third-order valence-electron chi connectivity index (χ3n) is 3.15. The van der Waals surface area contributed by atoms with Crippen molar-refractivity contribution < 1.29 is 4.79 Å². The van der Waals surface area contributed by atoms with Crippen LogP contribution in [0.3, 0.4) is 0 Å². The van der Waals surface area contributed by atoms with Crippen LogP contribution in [0.1, 0.15) is 15.9 Å². The second-order valence-corrected chi connectivity index (χ2v) is 8.20. The van der Waals surface area contributed by atoms with Crippen LogP contribution >= 0.6 is 50.7 Å². The molecule has 0 unspecified atom stereocenters. The molecule has 0 saturated carbocycles. The number of hydrogen-bond acceptors (Lipinski definition) is 2. The largest absolute Gasteiger partial charge is 0.362 e. The van der Waals surface area contributed by atoms with Crippen molar-refractivity contribution in [3.05, 3.63) is 64.1 Å². The lowest BCUT2D eigenvalue weighted by molar-refractivity contribution is 0.0941. The molecule has 2 aromatic carbocycles. The summed E-state index contributed by atoms with van der Waals surface area (Å²) in [6, 6.07) is 14.5. The van der Waals surface area contributed by atoms with Crippen molar-refractivity contribution in [2.24, 2.45) is 0 Å². The number of carbonyl (C=O) groups excluding carboxylic acids is 1. The van der Waals surface area contributed by atoms with E-state index in [4.69, 9.17) is 34.8 Å². The Kier molecular flexibility index (Phi) is 6.20. The summed E-state index contributed by atoms with van der Waals surface area (Å²) in [7, 11) is 0. The maximum Gasteiger partial charge on any atom is 0.253 e. The topological polar surface area (TPSA) is 41.1 Å². The monoisotopic (exact) mass is 434 g/mol. The lowest BCUT2D eigenvalue weighted by Gasteiger charge is -2.27. The van der Waals surface area contributed by atoms with Crippen molar-refractivity contribution in [2.45, 2.75) is 16.9 Å². The summed E-state index contributed by atoms with van der Waals surface area (Å²) in [5.74, 6) is -0.316. The molecular weight excluding hydrogens is 422 g/mol. The number of anilines is 1. The summed E-state index contributed by atoms with van der Waals surface area (Å²) in [4.78, 5) is 12.4. The predicted octanol–water partition coefficient (Wildman–Crippen LogP) is 5.30. The van der Waals surface area contributed by atoms with Gasteiger partial charge in [-0.05, 0) is 42.8 Å². The highest BCUT2D eigenvalue weighted by molar-refractivity contribution is 9.10. The lowest BCUT2D eigenvalue weighted by Crippen LogP contribution is -2.49. The fraction of sp³-hybridized carbons (Fsp3) is 0.188. The standard InChI is InChI=1S/C16H14BrCl3N2O/c1-10-4-2-3-5-13(10)14(23)22-15(16(18,19)20)21-12-8-6-11(17)7-9-12/h2-9,15,21H,1H3,(H,22,23)/t15-/m0/s1. The Bertz CT molecular complexity index is 686. The summed E-state index contributed by atoms with van der Waals surface area (Å²) in [6.07, 6.45) is -0.888. The summed E-state index contributed by atoms with van der Waals surface area (Å²) in [5, 5.41) is 5.74. The van der Waals surface area contributed by atoms with Crippen LogP contribution in [0.5, 0.6) is 0 Å². The van der Waals surface area contributed by atoms with Crippen LogP contribution in [-0.2, 0) is 0 Å². The fourth-order valence-corrected chi connectivity index (χ4v) is 2.54. The number of halogens is 4. The average molecular weight is 437 g/mol. The van der Waals surface area contributed by atoms with E-state index in [9.17, 15) is 4.79 Å². The smallest absolute Gasteiger partial charge is 0.253 e. The zero-order valence-electron chi connectivity index (χ0n) is 12.1. The predicted molar refractivity (Wildman–Crippen MR) is 100 cm³/mol. The second-order valence-electron chi connectivity index (χ2n) is 4.91. The van der Waals surface area contributed by atoms with Crippen LogP contribution in [0.15, 0.2) is 53.0 Å². The first-order chi connectivity index (χ1) is 10.8. The van der Waals surface area contributed by atoms with Gasteiger partial charge in [-0.3, -0.25) is 4.79 Å². The number of amides is 1. The Morgan fingerprint density at radius 2 is 1.70 bits per heavy atom. The highest BCUT2D eigenvalue weighted by Gasteiger charge is 2.34. The van der Waals surface area contributed by atoms with Gasteiger partial charge in [-0.15, -0.1) is 0 Å². The Balaban J connectivity index is 2.18. The molecule has 0 saturated heterocycles. The van der Waals surface area contributed by atoms with Crippen molar-refractivity contribution >= 4 is 62.3 Å². The zero-order valence-corrected chi connectivity index (χ0v) is 16.0. The van der Waals surface area contributed by atoms with Gasteiger partial charge in [-0.2, -0.15) is 0 Å². The van der Waals surface area contributed by atoms with Crippen molar-refractivity contribution in [2.75, 3.05) is 5.32 Å². The first kappa shape index (κ1) is 18.4. The molecule has 0 aliphatic heterocycles. The van der Waals surface area contributed by atoms with E-state index in [2.05, 4.69) is 26.6 Å². The number of hydrogen-bond donors (Lipinski definition) is 2. The van der Waals surface area contributed by atoms with Crippen LogP contribution in [-0.4, -0.2) is 15.9 Å². The van der Waals surface area contributed by atoms with Gasteiger partial charge >= 0.3 is 0 Å². The molecule has 23 heavy (non-hydrogen) atoms. The van der Waals surface area contributed by atoms with Crippen molar-refractivity contribution in [3.63, 3.8) is 0 Å². The Morgan fingerprint density at radius 1 is 1.09 bits per heavy atom. The maximum absolute atomic E-state index is 12.4. The molecule has 2 rings (SSSR count). The molecule has 2 N–H and O–H groups in total. The third-order valence-corrected chi connectivity index (χ3v) is 4.33. The molecule has 2 aromatic rings. The minimum atomic E-state index is -1.72. The summed E-state index contributed by atoms with van der Waals surface area (Å²) >= 11 is 21.3. The van der Waals surface area contributed by atoms with Gasteiger partial charge < -0.3 is 10.6 Å². The SMILES string of the molecule is Cc1ccccc1C(=O)N[C@H](Nc1ccc(Br)cc1)C(Cl)(Cl)Cl. The first-order valence-corrected chi connectivity index (χ1v) is 8.65. The quantitative estimate of drug-likeness (QED) is 0.505. The van der Waals surface area contributed by atoms with E-state index < -0.39 is 9.96 Å². The van der Waals surface area contributed by atoms with E-state index in [0.29, 0.717) is 5.56 Å². The number of benzene rings is 2. The van der Waals surface area contributed by atoms with Gasteiger partial charge in [0.1, 0.15) is 6.17 Å². The van der Waals surface area contributed by atoms with Crippen LogP contribution in [0.4, 0.5) is 5.69 Å². The van der Waals surface area contributed by atoms with Crippen molar-refractivity contribution in [1.82, 2.24) is 5.32 Å². The molecular formula is C16H14BrCl3N2O. The second kappa shape index (κ2) is 7.75. The minimum Gasteiger partial charge on any atom is -0.362 e. The minimum absolute atomic E-state index is 0.316. The number of nitrogens with one attached hydrogen (secondary N) is 2. The van der Waals surface area contributed by atoms with E-state index in [1.807, 2.05) is 43.3 Å². The highest BCUT2D eigenvalue weighted by atomic mass is 79.9. The van der Waals surface area contributed by atoms with E-state index in [1.165, 1.54) is 0 Å². The zero-order chi connectivity index (χ0) is 17.0. The molecule has 0 aromatic heterocycles. The van der Waals surface area contributed by atoms with Crippen molar-refractivity contribution in [3.8, 4) is 0 Å². The fourth-order valence-electron chi connectivity index (χ4n) is 1.95. The summed E-state index contributed by atoms with van der Waals surface area (Å²) in [6.45, 7) is 1.85. The average Bonchev–Trinajstić information content (AvgIpc) is 2.48. The van der Waals surface area contributed by atoms with Gasteiger partial charge in [-0.25, -0.2) is 0 Å². The molecule has 0 spiro atoms. The molecule has 122 valence electrons. The van der Waals surface area contributed by atoms with Gasteiger partial charge in [0.2, 0.25) is 3.79 Å². The van der Waals surface area contributed by atoms with Crippen molar-refractivity contribution in [1.29, 1.82) is 0 Å². The number of alkyl halides is 3. The molecule has 0 fully saturated rings. The van der Waals surface area contributed by atoms with Crippen LogP contribution in [0.2, 0.25) is 0 Å². The van der Waals surface area contributed by atoms with Gasteiger partial charge in [0.25, 0.3) is 5.91 Å². The number of carbonyl (C=O) groups is 1. The molecule has 1 amide bonds. The van der Waals surface area contributed by atoms with Gasteiger partial charge in [-0.1, -0.05) is 68.9 Å². The Hall–Kier alpha value is -0.940. The van der Waals surface area contributed by atoms with E-state index in [1.54, 1.807) is 12.1 Å². The van der Waals surface area contributed by atoms with Gasteiger partial charge in [0, 0.05) is 15.7 Å². The molecule has 3 nitrogen and oxygen atoms in total. The summed E-state index contributed by atoms with van der Waals surface area (Å²) in [5.41, 5.74) is 2.09. The normalized spacial score (nSPS) is 12.6. The van der Waals surface area contributed by atoms with Crippen LogP contribution < -0.4 is 10.6 Å². The Labute approximate surface area is 158 Å². The molecule has 1 atom stereocenters. The molecule has 0 bridgehead atoms. The Morgan fingerprint density at radius 3 is 2.26 bits per heavy atom. The molecule has 0 radical (unpaired) electrons. The van der Waals surface area contributed by atoms with Gasteiger partial charge in [0.15, 0.2) is 0 Å². The van der Waals surface area contributed by atoms with Crippen LogP contribution in [0, 0.1) is 6.92 Å². The third kappa shape index (κ3) is 5.28. The van der Waals surface area contributed by atoms with E-state index >= 15 is 0 Å². The number of rotatable bonds is 4. The molecule has 0 aliphatic rings.